The lowest BCUT2D eigenvalue weighted by atomic mass is 9.50. The van der Waals surface area contributed by atoms with E-state index in [2.05, 4.69) is 6.92 Å². The third-order valence-electron chi connectivity index (χ3n) is 7.25. The second-order valence-corrected chi connectivity index (χ2v) is 11.2. The topological polar surface area (TPSA) is 60.4 Å². The van der Waals surface area contributed by atoms with Gasteiger partial charge in [0.2, 0.25) is 0 Å². The molecule has 0 radical (unpaired) electrons. The Balaban J connectivity index is 1.73. The minimum atomic E-state index is -3.29. The van der Waals surface area contributed by atoms with E-state index in [1.807, 2.05) is 6.92 Å². The third kappa shape index (κ3) is 2.83. The van der Waals surface area contributed by atoms with Gasteiger partial charge < -0.3 is 4.74 Å². The van der Waals surface area contributed by atoms with Crippen molar-refractivity contribution >= 4 is 15.8 Å². The number of sulfone groups is 1. The van der Waals surface area contributed by atoms with Crippen LogP contribution in [0.2, 0.25) is 0 Å². The third-order valence-corrected chi connectivity index (χ3v) is 9.48. The smallest absolute Gasteiger partial charge is 0.307 e. The van der Waals surface area contributed by atoms with Gasteiger partial charge in [-0.15, -0.1) is 0 Å². The summed E-state index contributed by atoms with van der Waals surface area (Å²) in [5.74, 6) is 2.24. The van der Waals surface area contributed by atoms with Crippen molar-refractivity contribution in [3.05, 3.63) is 0 Å². The van der Waals surface area contributed by atoms with Crippen molar-refractivity contribution in [1.82, 2.24) is 0 Å². The van der Waals surface area contributed by atoms with E-state index in [1.54, 1.807) is 6.92 Å². The molecule has 132 valence electrons. The van der Waals surface area contributed by atoms with Crippen LogP contribution >= 0.6 is 0 Å². The van der Waals surface area contributed by atoms with Crippen LogP contribution < -0.4 is 0 Å². The molecule has 4 rings (SSSR count). The molecule has 4 aliphatic carbocycles. The summed E-state index contributed by atoms with van der Waals surface area (Å²) < 4.78 is 29.0. The lowest BCUT2D eigenvalue weighted by Gasteiger charge is -2.59. The highest BCUT2D eigenvalue weighted by molar-refractivity contribution is 7.92. The highest BCUT2D eigenvalue weighted by Gasteiger charge is 2.57. The molecule has 1 atom stereocenters. The van der Waals surface area contributed by atoms with E-state index in [0.29, 0.717) is 18.3 Å². The van der Waals surface area contributed by atoms with E-state index in [4.69, 9.17) is 4.74 Å². The zero-order chi connectivity index (χ0) is 17.0. The Hall–Kier alpha value is -0.580. The molecule has 0 aromatic heterocycles. The van der Waals surface area contributed by atoms with Crippen LogP contribution in [0.4, 0.5) is 0 Å². The molecule has 4 bridgehead atoms. The summed E-state index contributed by atoms with van der Waals surface area (Å²) in [7, 11) is -3.29. The lowest BCUT2D eigenvalue weighted by molar-refractivity contribution is -0.203. The van der Waals surface area contributed by atoms with E-state index >= 15 is 0 Å². The van der Waals surface area contributed by atoms with Crippen molar-refractivity contribution in [3.8, 4) is 0 Å². The number of carbonyl (C=O) groups excluding carboxylic acids is 1. The minimum Gasteiger partial charge on any atom is -0.459 e. The highest BCUT2D eigenvalue weighted by Crippen LogP contribution is 2.59. The van der Waals surface area contributed by atoms with E-state index in [-0.39, 0.29) is 18.0 Å². The van der Waals surface area contributed by atoms with Crippen LogP contribution in [0.1, 0.15) is 65.7 Å². The number of hydrogen-bond acceptors (Lipinski definition) is 4. The van der Waals surface area contributed by atoms with Gasteiger partial charge in [0.1, 0.15) is 5.60 Å². The van der Waals surface area contributed by atoms with Crippen LogP contribution in [0.5, 0.6) is 0 Å². The summed E-state index contributed by atoms with van der Waals surface area (Å²) in [5.41, 5.74) is -0.378. The fourth-order valence-corrected chi connectivity index (χ4v) is 6.30. The molecule has 4 saturated carbocycles. The molecule has 0 amide bonds. The second kappa shape index (κ2) is 5.47. The largest absolute Gasteiger partial charge is 0.459 e. The summed E-state index contributed by atoms with van der Waals surface area (Å²) in [5, 5.41) is 0. The summed E-state index contributed by atoms with van der Waals surface area (Å²) in [6, 6.07) is 0. The van der Waals surface area contributed by atoms with Gasteiger partial charge in [0.15, 0.2) is 9.84 Å². The monoisotopic (exact) mass is 342 g/mol. The molecule has 0 N–H and O–H groups in total. The van der Waals surface area contributed by atoms with Crippen molar-refractivity contribution in [2.75, 3.05) is 6.26 Å². The summed E-state index contributed by atoms with van der Waals surface area (Å²) in [6.07, 6.45) is 7.66. The maximum atomic E-state index is 12.6. The molecule has 0 aromatic rings. The predicted molar refractivity (Wildman–Crippen MR) is 89.7 cm³/mol. The van der Waals surface area contributed by atoms with Crippen LogP contribution in [-0.2, 0) is 19.4 Å². The molecule has 0 aromatic carbocycles. The molecular weight excluding hydrogens is 312 g/mol. The fourth-order valence-electron chi connectivity index (χ4n) is 5.39. The zero-order valence-electron chi connectivity index (χ0n) is 14.8. The highest BCUT2D eigenvalue weighted by atomic mass is 32.2. The quantitative estimate of drug-likeness (QED) is 0.719. The van der Waals surface area contributed by atoms with Gasteiger partial charge in [0, 0.05) is 6.26 Å². The van der Waals surface area contributed by atoms with Gasteiger partial charge in [-0.25, -0.2) is 8.42 Å². The molecule has 4 fully saturated rings. The van der Waals surface area contributed by atoms with Crippen LogP contribution in [0.25, 0.3) is 0 Å². The molecular formula is C18H30O4S. The molecule has 0 heterocycles. The van der Waals surface area contributed by atoms with Gasteiger partial charge in [-0.05, 0) is 76.0 Å². The Morgan fingerprint density at radius 2 is 1.61 bits per heavy atom. The predicted octanol–water partition coefficient (Wildman–Crippen LogP) is 3.35. The van der Waals surface area contributed by atoms with Gasteiger partial charge in [0.25, 0.3) is 0 Å². The van der Waals surface area contributed by atoms with Crippen molar-refractivity contribution in [1.29, 1.82) is 0 Å². The Kier molecular flexibility index (Phi) is 4.10. The molecule has 0 saturated heterocycles. The molecule has 0 aliphatic heterocycles. The zero-order valence-corrected chi connectivity index (χ0v) is 15.6. The summed E-state index contributed by atoms with van der Waals surface area (Å²) in [6.45, 7) is 5.57. The van der Waals surface area contributed by atoms with E-state index in [0.717, 1.165) is 11.8 Å². The van der Waals surface area contributed by atoms with Crippen LogP contribution in [0, 0.1) is 23.7 Å². The van der Waals surface area contributed by atoms with Crippen LogP contribution in [-0.4, -0.2) is 31.0 Å². The maximum absolute atomic E-state index is 12.6. The van der Waals surface area contributed by atoms with Gasteiger partial charge in [-0.2, -0.15) is 0 Å². The van der Waals surface area contributed by atoms with Gasteiger partial charge in [-0.1, -0.05) is 6.92 Å². The second-order valence-electron chi connectivity index (χ2n) is 8.71. The first kappa shape index (κ1) is 17.2. The maximum Gasteiger partial charge on any atom is 0.307 e. The van der Waals surface area contributed by atoms with Crippen LogP contribution in [0.3, 0.4) is 0 Å². The van der Waals surface area contributed by atoms with Gasteiger partial charge >= 0.3 is 5.97 Å². The fraction of sp³-hybridized carbons (Fsp3) is 0.944. The Bertz CT molecular complexity index is 566. The number of carbonyl (C=O) groups is 1. The number of hydrogen-bond donors (Lipinski definition) is 0. The average molecular weight is 343 g/mol. The van der Waals surface area contributed by atoms with E-state index in [1.165, 1.54) is 38.4 Å². The normalized spacial score (nSPS) is 41.6. The van der Waals surface area contributed by atoms with Crippen LogP contribution in [0.15, 0.2) is 0 Å². The van der Waals surface area contributed by atoms with Gasteiger partial charge in [-0.3, -0.25) is 4.79 Å². The Morgan fingerprint density at radius 3 is 2.00 bits per heavy atom. The molecule has 4 aliphatic rings. The van der Waals surface area contributed by atoms with E-state index < -0.39 is 14.6 Å². The van der Waals surface area contributed by atoms with Crippen molar-refractivity contribution in [3.63, 3.8) is 0 Å². The average Bonchev–Trinajstić information content (AvgIpc) is 2.42. The molecule has 4 nitrogen and oxygen atoms in total. The standard InChI is InChI=1S/C18H30O4S/c1-5-17(2,23(4,20)21)11-16(19)22-18(3)14-7-12-6-13(9-14)10-15(18)8-12/h12-15H,5-11H2,1-4H3. The molecule has 5 heteroatoms. The number of rotatable bonds is 5. The van der Waals surface area contributed by atoms with E-state index in [9.17, 15) is 13.2 Å². The Morgan fingerprint density at radius 1 is 1.13 bits per heavy atom. The van der Waals surface area contributed by atoms with Crippen molar-refractivity contribution < 1.29 is 17.9 Å². The first-order valence-electron chi connectivity index (χ1n) is 8.99. The Labute approximate surface area is 140 Å². The van der Waals surface area contributed by atoms with Crippen molar-refractivity contribution in [2.24, 2.45) is 23.7 Å². The first-order chi connectivity index (χ1) is 10.6. The van der Waals surface area contributed by atoms with Crippen molar-refractivity contribution in [2.45, 2.75) is 76.1 Å². The number of ether oxygens (including phenoxy) is 1. The summed E-state index contributed by atoms with van der Waals surface area (Å²) in [4.78, 5) is 12.6. The lowest BCUT2D eigenvalue weighted by Crippen LogP contribution is -2.58. The number of esters is 1. The summed E-state index contributed by atoms with van der Waals surface area (Å²) >= 11 is 0. The van der Waals surface area contributed by atoms with Gasteiger partial charge in [0.05, 0.1) is 11.2 Å². The first-order valence-corrected chi connectivity index (χ1v) is 10.9. The minimum absolute atomic E-state index is 0.0375. The molecule has 23 heavy (non-hydrogen) atoms. The SMILES string of the molecule is CCC(C)(CC(=O)OC1(C)C2CC3CC(C2)CC1C3)S(C)(=O)=O. The molecule has 1 unspecified atom stereocenters. The molecule has 0 spiro atoms.